The molecule has 2 saturated heterocycles. The highest BCUT2D eigenvalue weighted by Crippen LogP contribution is 2.32. The molecule has 2 N–H and O–H groups in total. The second kappa shape index (κ2) is 8.14. The van der Waals surface area contributed by atoms with E-state index in [1.165, 1.54) is 0 Å². The number of rotatable bonds is 5. The first-order chi connectivity index (χ1) is 13.6. The minimum absolute atomic E-state index is 0.00167. The number of fused-ring (bicyclic) bond motifs is 1. The summed E-state index contributed by atoms with van der Waals surface area (Å²) >= 11 is 0. The lowest BCUT2D eigenvalue weighted by Crippen LogP contribution is -2.49. The van der Waals surface area contributed by atoms with Gasteiger partial charge in [0.05, 0.1) is 5.69 Å². The van der Waals surface area contributed by atoms with E-state index in [0.717, 1.165) is 62.2 Å². The molecule has 2 aliphatic heterocycles. The number of amides is 1. The van der Waals surface area contributed by atoms with E-state index in [1.807, 2.05) is 23.1 Å². The van der Waals surface area contributed by atoms with Crippen LogP contribution < -0.4 is 5.32 Å². The van der Waals surface area contributed by atoms with E-state index in [4.69, 9.17) is 9.93 Å². The number of para-hydroxylation sites is 1. The Hall–Kier alpha value is -2.67. The lowest BCUT2D eigenvalue weighted by atomic mass is 9.91. The summed E-state index contributed by atoms with van der Waals surface area (Å²) in [6, 6.07) is 8.06. The minimum atomic E-state index is 0.00167. The summed E-state index contributed by atoms with van der Waals surface area (Å²) in [5.74, 6) is 0.438. The summed E-state index contributed by atoms with van der Waals surface area (Å²) < 4.78 is 5.47. The Labute approximate surface area is 164 Å². The van der Waals surface area contributed by atoms with Crippen LogP contribution in [-0.2, 0) is 4.79 Å². The first kappa shape index (κ1) is 18.7. The number of aromatic nitrogens is 1. The van der Waals surface area contributed by atoms with Gasteiger partial charge in [0.15, 0.2) is 5.58 Å². The molecule has 1 aromatic heterocycles. The van der Waals surface area contributed by atoms with Crippen molar-refractivity contribution in [3.05, 3.63) is 41.7 Å². The molecule has 7 nitrogen and oxygen atoms in total. The van der Waals surface area contributed by atoms with Crippen molar-refractivity contribution >= 4 is 22.6 Å². The topological polar surface area (TPSA) is 85.5 Å². The monoisotopic (exact) mass is 381 g/mol. The van der Waals surface area contributed by atoms with Crippen molar-refractivity contribution in [3.8, 4) is 0 Å². The maximum absolute atomic E-state index is 12.5. The Balaban J connectivity index is 1.30. The Morgan fingerprint density at radius 2 is 2.07 bits per heavy atom. The van der Waals surface area contributed by atoms with Crippen molar-refractivity contribution in [1.29, 1.82) is 5.41 Å². The van der Waals surface area contributed by atoms with Gasteiger partial charge in [0, 0.05) is 43.2 Å². The molecule has 1 aromatic carbocycles. The Bertz CT molecular complexity index is 895. The molecule has 2 fully saturated rings. The molecule has 0 aliphatic carbocycles. The molecule has 0 radical (unpaired) electrons. The van der Waals surface area contributed by atoms with Gasteiger partial charge >= 0.3 is 0 Å². The van der Waals surface area contributed by atoms with Crippen molar-refractivity contribution in [2.45, 2.75) is 25.7 Å². The van der Waals surface area contributed by atoms with Gasteiger partial charge in [0.1, 0.15) is 5.70 Å². The van der Waals surface area contributed by atoms with E-state index in [1.54, 1.807) is 13.0 Å². The quantitative estimate of drug-likeness (QED) is 0.613. The number of hydrogen-bond donors (Lipinski definition) is 2. The number of hydrogen-bond acceptors (Lipinski definition) is 6. The molecule has 2 aliphatic rings. The third kappa shape index (κ3) is 3.94. The van der Waals surface area contributed by atoms with Gasteiger partial charge < -0.3 is 25.0 Å². The molecule has 0 unspecified atom stereocenters. The van der Waals surface area contributed by atoms with E-state index >= 15 is 0 Å². The van der Waals surface area contributed by atoms with Gasteiger partial charge in [-0.1, -0.05) is 17.3 Å². The van der Waals surface area contributed by atoms with Crippen LogP contribution >= 0.6 is 0 Å². The number of benzene rings is 1. The van der Waals surface area contributed by atoms with Crippen LogP contribution in [0.2, 0.25) is 0 Å². The van der Waals surface area contributed by atoms with Gasteiger partial charge in [0.2, 0.25) is 0 Å². The Morgan fingerprint density at radius 3 is 2.86 bits per heavy atom. The third-order valence-corrected chi connectivity index (χ3v) is 5.64. The third-order valence-electron chi connectivity index (χ3n) is 5.64. The van der Waals surface area contributed by atoms with Crippen molar-refractivity contribution in [3.63, 3.8) is 0 Å². The van der Waals surface area contributed by atoms with Crippen LogP contribution in [0.5, 0.6) is 0 Å². The highest BCUT2D eigenvalue weighted by atomic mass is 16.5. The highest BCUT2D eigenvalue weighted by Gasteiger charge is 2.27. The number of nitrogens with zero attached hydrogens (tertiary/aromatic N) is 3. The summed E-state index contributed by atoms with van der Waals surface area (Å²) in [4.78, 5) is 16.8. The molecule has 2 aromatic rings. The molecule has 148 valence electrons. The summed E-state index contributed by atoms with van der Waals surface area (Å²) in [5.41, 5.74) is 2.88. The van der Waals surface area contributed by atoms with E-state index < -0.39 is 0 Å². The predicted octanol–water partition coefficient (Wildman–Crippen LogP) is 2.36. The first-order valence-corrected chi connectivity index (χ1v) is 9.98. The molecule has 1 amide bonds. The zero-order valence-corrected chi connectivity index (χ0v) is 16.3. The molecule has 0 saturated carbocycles. The molecule has 0 atom stereocenters. The van der Waals surface area contributed by atoms with Crippen molar-refractivity contribution < 1.29 is 9.32 Å². The van der Waals surface area contributed by atoms with Crippen LogP contribution in [0.15, 0.2) is 40.6 Å². The van der Waals surface area contributed by atoms with Crippen LogP contribution in [0.25, 0.3) is 11.0 Å². The molecule has 3 heterocycles. The van der Waals surface area contributed by atoms with Crippen LogP contribution in [0.3, 0.4) is 0 Å². The fraction of sp³-hybridized carbons (Fsp3) is 0.476. The Morgan fingerprint density at radius 1 is 1.29 bits per heavy atom. The Kier molecular flexibility index (Phi) is 5.43. The largest absolute Gasteiger partial charge is 0.379 e. The van der Waals surface area contributed by atoms with Crippen LogP contribution in [0.1, 0.15) is 31.4 Å². The molecular formula is C21H27N5O2. The normalized spacial score (nSPS) is 20.7. The minimum Gasteiger partial charge on any atom is -0.379 e. The zero-order valence-electron chi connectivity index (χ0n) is 16.3. The summed E-state index contributed by atoms with van der Waals surface area (Å²) in [5, 5.41) is 16.1. The molecule has 4 rings (SSSR count). The zero-order chi connectivity index (χ0) is 19.5. The van der Waals surface area contributed by atoms with E-state index in [2.05, 4.69) is 21.4 Å². The van der Waals surface area contributed by atoms with Gasteiger partial charge in [-0.3, -0.25) is 4.79 Å². The second-order valence-corrected chi connectivity index (χ2v) is 7.64. The predicted molar refractivity (Wildman–Crippen MR) is 108 cm³/mol. The van der Waals surface area contributed by atoms with Crippen molar-refractivity contribution in [2.75, 3.05) is 39.3 Å². The number of carbonyl (C=O) groups excluding carboxylic acids is 1. The maximum atomic E-state index is 12.5. The molecule has 0 bridgehead atoms. The average molecular weight is 381 g/mol. The van der Waals surface area contributed by atoms with Gasteiger partial charge in [-0.15, -0.1) is 0 Å². The SMILES string of the molecule is CC(=N)/C=C1\NCCN(CCN2CCC(c3noc4ccccc34)CC2)C1=O. The highest BCUT2D eigenvalue weighted by molar-refractivity contribution is 6.01. The second-order valence-electron chi connectivity index (χ2n) is 7.64. The van der Waals surface area contributed by atoms with Crippen LogP contribution in [0, 0.1) is 5.41 Å². The summed E-state index contributed by atoms with van der Waals surface area (Å²) in [6.07, 6.45) is 3.73. The molecular weight excluding hydrogens is 354 g/mol. The fourth-order valence-corrected chi connectivity index (χ4v) is 4.11. The molecule has 28 heavy (non-hydrogen) atoms. The lowest BCUT2D eigenvalue weighted by molar-refractivity contribution is -0.129. The number of piperidine rings is 1. The summed E-state index contributed by atoms with van der Waals surface area (Å²) in [7, 11) is 0. The number of allylic oxidation sites excluding steroid dienone is 1. The lowest BCUT2D eigenvalue weighted by Gasteiger charge is -2.34. The van der Waals surface area contributed by atoms with Crippen LogP contribution in [0.4, 0.5) is 0 Å². The van der Waals surface area contributed by atoms with Gasteiger partial charge in [-0.2, -0.15) is 0 Å². The number of likely N-dealkylation sites (tertiary alicyclic amines) is 1. The standard InChI is InChI=1S/C21H27N5O2/c1-15(22)14-18-21(27)26(11-8-23-18)13-12-25-9-6-16(7-10-25)20-17-4-2-3-5-19(17)28-24-20/h2-5,14,16,22-23H,6-13H2,1H3/b18-14-,22-15?. The van der Waals surface area contributed by atoms with Crippen molar-refractivity contribution in [2.24, 2.45) is 0 Å². The maximum Gasteiger partial charge on any atom is 0.270 e. The van der Waals surface area contributed by atoms with Gasteiger partial charge in [0.25, 0.3) is 5.91 Å². The van der Waals surface area contributed by atoms with E-state index in [0.29, 0.717) is 23.9 Å². The molecule has 0 spiro atoms. The fourth-order valence-electron chi connectivity index (χ4n) is 4.11. The smallest absolute Gasteiger partial charge is 0.270 e. The van der Waals surface area contributed by atoms with Gasteiger partial charge in [-0.05, 0) is 51.1 Å². The van der Waals surface area contributed by atoms with Crippen LogP contribution in [-0.4, -0.2) is 65.8 Å². The summed E-state index contributed by atoms with van der Waals surface area (Å²) in [6.45, 7) is 6.77. The van der Waals surface area contributed by atoms with E-state index in [9.17, 15) is 4.79 Å². The molecule has 7 heteroatoms. The van der Waals surface area contributed by atoms with Gasteiger partial charge in [-0.25, -0.2) is 0 Å². The average Bonchev–Trinajstić information content (AvgIpc) is 3.13. The van der Waals surface area contributed by atoms with Crippen molar-refractivity contribution in [1.82, 2.24) is 20.3 Å². The first-order valence-electron chi connectivity index (χ1n) is 9.98. The number of nitrogens with one attached hydrogen (secondary N) is 2. The number of carbonyl (C=O) groups is 1. The van der Waals surface area contributed by atoms with E-state index in [-0.39, 0.29) is 5.91 Å². The number of piperazine rings is 1.